The van der Waals surface area contributed by atoms with Gasteiger partial charge in [-0.3, -0.25) is 9.59 Å². The van der Waals surface area contributed by atoms with E-state index in [4.69, 9.17) is 4.74 Å². The Hall–Kier alpha value is -1.49. The summed E-state index contributed by atoms with van der Waals surface area (Å²) in [6, 6.07) is 5.77. The van der Waals surface area contributed by atoms with Crippen LogP contribution in [0.25, 0.3) is 0 Å². The van der Waals surface area contributed by atoms with Gasteiger partial charge < -0.3 is 10.1 Å². The summed E-state index contributed by atoms with van der Waals surface area (Å²) in [5.41, 5.74) is 1.57. The Balaban J connectivity index is 2.56. The largest absolute Gasteiger partial charge is 0.466 e. The molecule has 1 N–H and O–H groups in total. The van der Waals surface area contributed by atoms with E-state index in [-0.39, 0.29) is 18.3 Å². The quantitative estimate of drug-likeness (QED) is 0.642. The highest BCUT2D eigenvalue weighted by molar-refractivity contribution is 7.98. The molecule has 5 heteroatoms. The number of ether oxygens (including phenoxy) is 1. The van der Waals surface area contributed by atoms with Gasteiger partial charge in [0, 0.05) is 17.0 Å². The van der Waals surface area contributed by atoms with Gasteiger partial charge in [-0.15, -0.1) is 11.8 Å². The summed E-state index contributed by atoms with van der Waals surface area (Å²) in [4.78, 5) is 24.2. The summed E-state index contributed by atoms with van der Waals surface area (Å²) in [5, 5.41) is 2.73. The summed E-state index contributed by atoms with van der Waals surface area (Å²) < 4.78 is 4.80. The molecule has 1 amide bonds. The van der Waals surface area contributed by atoms with Gasteiger partial charge in [0.1, 0.15) is 0 Å². The number of carbonyl (C=O) groups excluding carboxylic acids is 2. The van der Waals surface area contributed by atoms with Crippen molar-refractivity contribution in [1.29, 1.82) is 0 Å². The first kappa shape index (κ1) is 15.6. The zero-order valence-corrected chi connectivity index (χ0v) is 12.3. The molecule has 104 valence electrons. The van der Waals surface area contributed by atoms with Crippen LogP contribution in [0.15, 0.2) is 23.1 Å². The zero-order valence-electron chi connectivity index (χ0n) is 11.5. The first-order valence-electron chi connectivity index (χ1n) is 6.17. The maximum atomic E-state index is 12.0. The van der Waals surface area contributed by atoms with E-state index in [1.165, 1.54) is 0 Å². The Morgan fingerprint density at radius 2 is 2.11 bits per heavy atom. The van der Waals surface area contributed by atoms with Gasteiger partial charge in [0.25, 0.3) is 5.91 Å². The second-order valence-electron chi connectivity index (χ2n) is 3.99. The second-order valence-corrected chi connectivity index (χ2v) is 4.87. The van der Waals surface area contributed by atoms with Crippen molar-refractivity contribution in [3.05, 3.63) is 29.3 Å². The molecule has 0 fully saturated rings. The third-order valence-corrected chi connectivity index (χ3v) is 3.33. The molecule has 0 aromatic heterocycles. The van der Waals surface area contributed by atoms with Crippen LogP contribution in [-0.4, -0.2) is 31.3 Å². The van der Waals surface area contributed by atoms with Crippen LogP contribution in [0.3, 0.4) is 0 Å². The molecule has 1 aromatic rings. The van der Waals surface area contributed by atoms with Gasteiger partial charge >= 0.3 is 5.97 Å². The number of hydrogen-bond acceptors (Lipinski definition) is 4. The van der Waals surface area contributed by atoms with E-state index < -0.39 is 0 Å². The van der Waals surface area contributed by atoms with E-state index in [9.17, 15) is 9.59 Å². The van der Waals surface area contributed by atoms with Crippen LogP contribution in [0, 0.1) is 6.92 Å². The predicted octanol–water partition coefficient (Wildman–Crippen LogP) is 2.40. The maximum Gasteiger partial charge on any atom is 0.307 e. The molecule has 0 bridgehead atoms. The summed E-state index contributed by atoms with van der Waals surface area (Å²) in [7, 11) is 0. The lowest BCUT2D eigenvalue weighted by atomic mass is 10.1. The highest BCUT2D eigenvalue weighted by Crippen LogP contribution is 2.18. The van der Waals surface area contributed by atoms with Crippen LogP contribution in [0.5, 0.6) is 0 Å². The number of aryl methyl sites for hydroxylation is 1. The minimum absolute atomic E-state index is 0.155. The minimum atomic E-state index is -0.294. The molecule has 0 heterocycles. The first-order valence-corrected chi connectivity index (χ1v) is 7.39. The van der Waals surface area contributed by atoms with Crippen LogP contribution >= 0.6 is 11.8 Å². The van der Waals surface area contributed by atoms with Gasteiger partial charge in [-0.25, -0.2) is 0 Å². The summed E-state index contributed by atoms with van der Waals surface area (Å²) >= 11 is 1.59. The fourth-order valence-electron chi connectivity index (χ4n) is 1.58. The molecule has 0 aliphatic carbocycles. The molecular formula is C14H19NO3S. The average molecular weight is 281 g/mol. The highest BCUT2D eigenvalue weighted by atomic mass is 32.2. The van der Waals surface area contributed by atoms with Crippen LogP contribution in [-0.2, 0) is 9.53 Å². The van der Waals surface area contributed by atoms with Gasteiger partial charge in [0.05, 0.1) is 13.0 Å². The molecule has 0 aliphatic heterocycles. The number of amides is 1. The third kappa shape index (κ3) is 4.95. The van der Waals surface area contributed by atoms with E-state index in [2.05, 4.69) is 5.32 Å². The van der Waals surface area contributed by atoms with Gasteiger partial charge in [-0.1, -0.05) is 6.07 Å². The zero-order chi connectivity index (χ0) is 14.3. The number of esters is 1. The van der Waals surface area contributed by atoms with Crippen LogP contribution < -0.4 is 5.32 Å². The lowest BCUT2D eigenvalue weighted by Gasteiger charge is -2.09. The Kier molecular flexibility index (Phi) is 6.42. The van der Waals surface area contributed by atoms with Crippen molar-refractivity contribution in [2.75, 3.05) is 19.4 Å². The van der Waals surface area contributed by atoms with Crippen molar-refractivity contribution in [3.63, 3.8) is 0 Å². The van der Waals surface area contributed by atoms with Crippen molar-refractivity contribution in [2.45, 2.75) is 25.2 Å². The van der Waals surface area contributed by atoms with Crippen molar-refractivity contribution in [1.82, 2.24) is 5.32 Å². The summed E-state index contributed by atoms with van der Waals surface area (Å²) in [6.45, 7) is 4.31. The van der Waals surface area contributed by atoms with Gasteiger partial charge in [0.2, 0.25) is 0 Å². The first-order chi connectivity index (χ1) is 9.08. The molecular weight excluding hydrogens is 262 g/mol. The number of rotatable bonds is 6. The predicted molar refractivity (Wildman–Crippen MR) is 76.5 cm³/mol. The number of benzene rings is 1. The van der Waals surface area contributed by atoms with Crippen LogP contribution in [0.4, 0.5) is 0 Å². The Morgan fingerprint density at radius 3 is 2.74 bits per heavy atom. The molecule has 0 saturated heterocycles. The molecule has 0 spiro atoms. The maximum absolute atomic E-state index is 12.0. The van der Waals surface area contributed by atoms with Gasteiger partial charge in [-0.2, -0.15) is 0 Å². The van der Waals surface area contributed by atoms with Crippen molar-refractivity contribution in [2.24, 2.45) is 0 Å². The lowest BCUT2D eigenvalue weighted by Crippen LogP contribution is -2.27. The molecule has 0 atom stereocenters. The molecule has 19 heavy (non-hydrogen) atoms. The Morgan fingerprint density at radius 1 is 1.37 bits per heavy atom. The lowest BCUT2D eigenvalue weighted by molar-refractivity contribution is -0.142. The number of carbonyl (C=O) groups is 2. The van der Waals surface area contributed by atoms with E-state index in [0.29, 0.717) is 18.7 Å². The Labute approximate surface area is 117 Å². The van der Waals surface area contributed by atoms with Crippen LogP contribution in [0.1, 0.15) is 29.3 Å². The molecule has 0 radical (unpaired) electrons. The summed E-state index contributed by atoms with van der Waals surface area (Å²) in [6.07, 6.45) is 2.16. The molecule has 0 aliphatic rings. The smallest absolute Gasteiger partial charge is 0.307 e. The van der Waals surface area contributed by atoms with Crippen LogP contribution in [0.2, 0.25) is 0 Å². The topological polar surface area (TPSA) is 55.4 Å². The molecule has 0 unspecified atom stereocenters. The molecule has 1 aromatic carbocycles. The van der Waals surface area contributed by atoms with E-state index >= 15 is 0 Å². The van der Waals surface area contributed by atoms with Crippen molar-refractivity contribution in [3.8, 4) is 0 Å². The number of hydrogen-bond donors (Lipinski definition) is 1. The molecule has 4 nitrogen and oxygen atoms in total. The monoisotopic (exact) mass is 281 g/mol. The highest BCUT2D eigenvalue weighted by Gasteiger charge is 2.10. The second kappa shape index (κ2) is 7.84. The average Bonchev–Trinajstić information content (AvgIpc) is 2.39. The van der Waals surface area contributed by atoms with Gasteiger partial charge in [0.15, 0.2) is 0 Å². The normalized spacial score (nSPS) is 10.1. The summed E-state index contributed by atoms with van der Waals surface area (Å²) in [5.74, 6) is -0.449. The fraction of sp³-hybridized carbons (Fsp3) is 0.429. The molecule has 1 rings (SSSR count). The minimum Gasteiger partial charge on any atom is -0.466 e. The van der Waals surface area contributed by atoms with E-state index in [1.54, 1.807) is 18.7 Å². The molecule has 0 saturated carbocycles. The Bertz CT molecular complexity index is 460. The SMILES string of the molecule is CCOC(=O)CCNC(=O)c1cc(SC)ccc1C. The van der Waals surface area contributed by atoms with Gasteiger partial charge in [-0.05, 0) is 37.8 Å². The number of nitrogens with one attached hydrogen (secondary N) is 1. The fourth-order valence-corrected chi connectivity index (χ4v) is 2.02. The standard InChI is InChI=1S/C14H19NO3S/c1-4-18-13(16)7-8-15-14(17)12-9-11(19-3)6-5-10(12)2/h5-6,9H,4,7-8H2,1-3H3,(H,15,17). The van der Waals surface area contributed by atoms with E-state index in [0.717, 1.165) is 10.5 Å². The third-order valence-electron chi connectivity index (χ3n) is 2.61. The van der Waals surface area contributed by atoms with Crippen molar-refractivity contribution >= 4 is 23.6 Å². The van der Waals surface area contributed by atoms with E-state index in [1.807, 2.05) is 31.4 Å². The number of thioether (sulfide) groups is 1. The van der Waals surface area contributed by atoms with Crippen molar-refractivity contribution < 1.29 is 14.3 Å².